The van der Waals surface area contributed by atoms with Gasteiger partial charge in [-0.1, -0.05) is 37.5 Å². The second kappa shape index (κ2) is 5.74. The molecule has 1 fully saturated rings. The van der Waals surface area contributed by atoms with Crippen molar-refractivity contribution in [2.75, 3.05) is 6.61 Å². The Morgan fingerprint density at radius 1 is 1.53 bits per heavy atom. The van der Waals surface area contributed by atoms with E-state index in [1.54, 1.807) is 0 Å². The van der Waals surface area contributed by atoms with Crippen LogP contribution in [0.5, 0.6) is 0 Å². The van der Waals surface area contributed by atoms with Crippen LogP contribution in [0.3, 0.4) is 0 Å². The highest BCUT2D eigenvalue weighted by Gasteiger charge is 2.35. The Bertz CT molecular complexity index is 458. The summed E-state index contributed by atoms with van der Waals surface area (Å²) in [7, 11) is 0. The predicted octanol–water partition coefficient (Wildman–Crippen LogP) is 2.67. The summed E-state index contributed by atoms with van der Waals surface area (Å²) in [6, 6.07) is 7.56. The molecule has 0 aromatic heterocycles. The molecular formula is C16H23NO2. The van der Waals surface area contributed by atoms with Crippen molar-refractivity contribution in [2.24, 2.45) is 5.92 Å². The average molecular weight is 261 g/mol. The number of aliphatic hydroxyl groups excluding tert-OH is 1. The maximum absolute atomic E-state index is 12.3. The van der Waals surface area contributed by atoms with Crippen molar-refractivity contribution in [3.8, 4) is 0 Å². The molecule has 2 unspecified atom stereocenters. The molecule has 1 aromatic carbocycles. The summed E-state index contributed by atoms with van der Waals surface area (Å²) in [5.41, 5.74) is 1.31. The average Bonchev–Trinajstić information content (AvgIpc) is 2.38. The van der Waals surface area contributed by atoms with Crippen molar-refractivity contribution in [3.63, 3.8) is 0 Å². The molecule has 1 aliphatic rings. The van der Waals surface area contributed by atoms with Crippen molar-refractivity contribution in [2.45, 2.75) is 45.1 Å². The van der Waals surface area contributed by atoms with E-state index in [1.165, 1.54) is 6.42 Å². The van der Waals surface area contributed by atoms with Gasteiger partial charge in [-0.05, 0) is 37.8 Å². The minimum absolute atomic E-state index is 0.0227. The number of aliphatic hydroxyl groups is 1. The number of benzene rings is 1. The summed E-state index contributed by atoms with van der Waals surface area (Å²) in [5.74, 6) is 0.477. The number of aryl methyl sites for hydroxylation is 1. The summed E-state index contributed by atoms with van der Waals surface area (Å²) in [6.45, 7) is 4.18. The van der Waals surface area contributed by atoms with Gasteiger partial charge in [-0.15, -0.1) is 0 Å². The molecular weight excluding hydrogens is 238 g/mol. The first-order chi connectivity index (χ1) is 9.04. The van der Waals surface area contributed by atoms with Gasteiger partial charge in [-0.25, -0.2) is 0 Å². The number of carbonyl (C=O) groups excluding carboxylic acids is 1. The molecule has 0 aliphatic heterocycles. The van der Waals surface area contributed by atoms with E-state index in [0.29, 0.717) is 11.5 Å². The number of nitrogens with one attached hydrogen (secondary N) is 1. The number of carbonyl (C=O) groups is 1. The molecule has 1 amide bonds. The fourth-order valence-electron chi connectivity index (χ4n) is 3.06. The normalized spacial score (nSPS) is 27.0. The molecule has 3 heteroatoms. The molecule has 2 atom stereocenters. The van der Waals surface area contributed by atoms with Crippen LogP contribution in [0.15, 0.2) is 24.3 Å². The van der Waals surface area contributed by atoms with E-state index in [1.807, 2.05) is 31.2 Å². The van der Waals surface area contributed by atoms with Crippen LogP contribution in [0.2, 0.25) is 0 Å². The van der Waals surface area contributed by atoms with Crippen LogP contribution in [-0.2, 0) is 0 Å². The highest BCUT2D eigenvalue weighted by atomic mass is 16.3. The Morgan fingerprint density at radius 3 is 2.95 bits per heavy atom. The van der Waals surface area contributed by atoms with Gasteiger partial charge >= 0.3 is 0 Å². The summed E-state index contributed by atoms with van der Waals surface area (Å²) in [6.07, 6.45) is 3.98. The van der Waals surface area contributed by atoms with Crippen LogP contribution in [0.25, 0.3) is 0 Å². The minimum Gasteiger partial charge on any atom is -0.394 e. The quantitative estimate of drug-likeness (QED) is 0.879. The zero-order valence-electron chi connectivity index (χ0n) is 11.8. The molecule has 104 valence electrons. The van der Waals surface area contributed by atoms with E-state index < -0.39 is 5.54 Å². The largest absolute Gasteiger partial charge is 0.394 e. The van der Waals surface area contributed by atoms with Crippen LogP contribution in [-0.4, -0.2) is 23.2 Å². The smallest absolute Gasteiger partial charge is 0.251 e. The lowest BCUT2D eigenvalue weighted by Crippen LogP contribution is -2.53. The Hall–Kier alpha value is -1.35. The minimum atomic E-state index is -0.432. The van der Waals surface area contributed by atoms with Gasteiger partial charge in [-0.2, -0.15) is 0 Å². The first-order valence-electron chi connectivity index (χ1n) is 7.05. The van der Waals surface area contributed by atoms with E-state index in [2.05, 4.69) is 12.2 Å². The van der Waals surface area contributed by atoms with E-state index in [4.69, 9.17) is 0 Å². The molecule has 0 spiro atoms. The van der Waals surface area contributed by atoms with E-state index in [9.17, 15) is 9.90 Å². The van der Waals surface area contributed by atoms with E-state index in [0.717, 1.165) is 24.8 Å². The molecule has 0 radical (unpaired) electrons. The number of amides is 1. The molecule has 1 saturated carbocycles. The molecule has 0 saturated heterocycles. The van der Waals surface area contributed by atoms with Crippen LogP contribution in [0, 0.1) is 12.8 Å². The SMILES string of the molecule is Cc1cccc(C(=O)NC2(CO)CCCC(C)C2)c1. The van der Waals surface area contributed by atoms with Gasteiger partial charge < -0.3 is 10.4 Å². The first-order valence-corrected chi connectivity index (χ1v) is 7.05. The lowest BCUT2D eigenvalue weighted by molar-refractivity contribution is 0.0697. The van der Waals surface area contributed by atoms with Crippen LogP contribution in [0.4, 0.5) is 0 Å². The van der Waals surface area contributed by atoms with Gasteiger partial charge in [0.15, 0.2) is 0 Å². The highest BCUT2D eigenvalue weighted by Crippen LogP contribution is 2.32. The molecule has 19 heavy (non-hydrogen) atoms. The third-order valence-corrected chi connectivity index (χ3v) is 4.05. The van der Waals surface area contributed by atoms with Gasteiger partial charge in [0, 0.05) is 5.56 Å². The summed E-state index contributed by atoms with van der Waals surface area (Å²) >= 11 is 0. The van der Waals surface area contributed by atoms with Gasteiger partial charge in [-0.3, -0.25) is 4.79 Å². The Kier molecular flexibility index (Phi) is 4.25. The third kappa shape index (κ3) is 3.35. The predicted molar refractivity (Wildman–Crippen MR) is 76.1 cm³/mol. The molecule has 3 nitrogen and oxygen atoms in total. The molecule has 0 heterocycles. The fraction of sp³-hybridized carbons (Fsp3) is 0.562. The molecule has 2 N–H and O–H groups in total. The molecule has 2 rings (SSSR count). The summed E-state index contributed by atoms with van der Waals surface area (Å²) in [5, 5.41) is 12.8. The zero-order chi connectivity index (χ0) is 13.9. The van der Waals surface area contributed by atoms with Crippen molar-refractivity contribution in [1.29, 1.82) is 0 Å². The zero-order valence-corrected chi connectivity index (χ0v) is 11.8. The van der Waals surface area contributed by atoms with Gasteiger partial charge in [0.05, 0.1) is 12.1 Å². The Morgan fingerprint density at radius 2 is 2.32 bits per heavy atom. The van der Waals surface area contributed by atoms with Gasteiger partial charge in [0.2, 0.25) is 0 Å². The summed E-state index contributed by atoms with van der Waals surface area (Å²) < 4.78 is 0. The monoisotopic (exact) mass is 261 g/mol. The van der Waals surface area contributed by atoms with E-state index >= 15 is 0 Å². The van der Waals surface area contributed by atoms with Crippen LogP contribution < -0.4 is 5.32 Å². The lowest BCUT2D eigenvalue weighted by atomic mass is 9.76. The van der Waals surface area contributed by atoms with Crippen LogP contribution in [0.1, 0.15) is 48.5 Å². The van der Waals surface area contributed by atoms with Gasteiger partial charge in [0.25, 0.3) is 5.91 Å². The lowest BCUT2D eigenvalue weighted by Gasteiger charge is -2.39. The molecule has 1 aromatic rings. The topological polar surface area (TPSA) is 49.3 Å². The van der Waals surface area contributed by atoms with E-state index in [-0.39, 0.29) is 12.5 Å². The van der Waals surface area contributed by atoms with Crippen molar-refractivity contribution < 1.29 is 9.90 Å². The number of hydrogen-bond donors (Lipinski definition) is 2. The number of hydrogen-bond acceptors (Lipinski definition) is 2. The van der Waals surface area contributed by atoms with Crippen LogP contribution >= 0.6 is 0 Å². The maximum atomic E-state index is 12.3. The standard InChI is InChI=1S/C16H23NO2/c1-12-5-3-7-14(9-12)15(19)17-16(11-18)8-4-6-13(2)10-16/h3,5,7,9,13,18H,4,6,8,10-11H2,1-2H3,(H,17,19). The fourth-order valence-corrected chi connectivity index (χ4v) is 3.06. The Labute approximate surface area is 115 Å². The molecule has 1 aliphatic carbocycles. The van der Waals surface area contributed by atoms with Crippen molar-refractivity contribution in [1.82, 2.24) is 5.32 Å². The molecule has 0 bridgehead atoms. The van der Waals surface area contributed by atoms with Crippen molar-refractivity contribution in [3.05, 3.63) is 35.4 Å². The second-order valence-electron chi connectivity index (χ2n) is 5.96. The van der Waals surface area contributed by atoms with Gasteiger partial charge in [0.1, 0.15) is 0 Å². The highest BCUT2D eigenvalue weighted by molar-refractivity contribution is 5.94. The summed E-state index contributed by atoms with van der Waals surface area (Å²) in [4.78, 5) is 12.3. The second-order valence-corrected chi connectivity index (χ2v) is 5.96. The number of rotatable bonds is 3. The first kappa shape index (κ1) is 14.1. The van der Waals surface area contributed by atoms with Crippen molar-refractivity contribution >= 4 is 5.91 Å². The maximum Gasteiger partial charge on any atom is 0.251 e. The Balaban J connectivity index is 2.12. The third-order valence-electron chi connectivity index (χ3n) is 4.05.